The molecule has 0 aliphatic carbocycles. The van der Waals surface area contributed by atoms with Gasteiger partial charge in [0, 0.05) is 52.8 Å². The first kappa shape index (κ1) is 34.0. The summed E-state index contributed by atoms with van der Waals surface area (Å²) in [5.41, 5.74) is 12.3. The number of benzene rings is 10. The van der Waals surface area contributed by atoms with E-state index in [0.717, 1.165) is 66.1 Å². The summed E-state index contributed by atoms with van der Waals surface area (Å²) in [5, 5.41) is 11.8. The summed E-state index contributed by atoms with van der Waals surface area (Å²) in [6.07, 6.45) is 3.82. The van der Waals surface area contributed by atoms with Gasteiger partial charge < -0.3 is 0 Å². The van der Waals surface area contributed by atoms with E-state index in [1.807, 2.05) is 23.7 Å². The number of nitrogens with zero attached hydrogens (tertiary/aromatic N) is 4. The maximum atomic E-state index is 5.21. The Morgan fingerprint density at radius 1 is 0.262 bits per heavy atom. The Bertz CT molecular complexity index is 3600. The van der Waals surface area contributed by atoms with E-state index in [2.05, 4.69) is 182 Å². The van der Waals surface area contributed by atoms with Crippen molar-refractivity contribution in [3.63, 3.8) is 0 Å². The number of hydrogen-bond donors (Lipinski definition) is 0. The summed E-state index contributed by atoms with van der Waals surface area (Å²) in [6, 6.07) is 65.1. The Hall–Kier alpha value is -7.86. The molecule has 0 fully saturated rings. The van der Waals surface area contributed by atoms with E-state index < -0.39 is 0 Å². The summed E-state index contributed by atoms with van der Waals surface area (Å²) in [4.78, 5) is 20.4. The first-order chi connectivity index (χ1) is 30.2. The minimum absolute atomic E-state index is 0.867. The van der Waals surface area contributed by atoms with Crippen molar-refractivity contribution in [3.05, 3.63) is 194 Å². The molecule has 0 aliphatic rings. The lowest BCUT2D eigenvalue weighted by Gasteiger charge is -2.11. The fourth-order valence-electron chi connectivity index (χ4n) is 9.33. The molecule has 0 aliphatic heterocycles. The molecular formula is C56H32N4S. The van der Waals surface area contributed by atoms with E-state index in [-0.39, 0.29) is 0 Å². The van der Waals surface area contributed by atoms with Crippen LogP contribution in [0, 0.1) is 0 Å². The fraction of sp³-hybridized carbons (Fsp3) is 0. The molecule has 0 saturated carbocycles. The highest BCUT2D eigenvalue weighted by Gasteiger charge is 2.15. The van der Waals surface area contributed by atoms with Gasteiger partial charge >= 0.3 is 0 Å². The number of thiophene rings is 1. The molecule has 4 nitrogen and oxygen atoms in total. The van der Waals surface area contributed by atoms with Gasteiger partial charge in [0.25, 0.3) is 0 Å². The second-order valence-electron chi connectivity index (χ2n) is 15.8. The lowest BCUT2D eigenvalue weighted by Crippen LogP contribution is -1.92. The zero-order valence-corrected chi connectivity index (χ0v) is 33.5. The average molecular weight is 793 g/mol. The minimum Gasteiger partial charge on any atom is -0.252 e. The lowest BCUT2D eigenvalue weighted by atomic mass is 9.98. The zero-order chi connectivity index (χ0) is 40.0. The normalized spacial score (nSPS) is 11.9. The van der Waals surface area contributed by atoms with Crippen LogP contribution in [0.5, 0.6) is 0 Å². The molecule has 0 amide bonds. The molecule has 13 rings (SSSR count). The third-order valence-corrected chi connectivity index (χ3v) is 13.5. The van der Waals surface area contributed by atoms with Crippen LogP contribution >= 0.6 is 11.3 Å². The van der Waals surface area contributed by atoms with Gasteiger partial charge in [0.15, 0.2) is 0 Å². The highest BCUT2D eigenvalue weighted by atomic mass is 32.1. The van der Waals surface area contributed by atoms with E-state index in [0.29, 0.717) is 0 Å². The van der Waals surface area contributed by atoms with Crippen LogP contribution in [-0.4, -0.2) is 19.9 Å². The molecule has 5 heteroatoms. The van der Waals surface area contributed by atoms with Gasteiger partial charge in [-0.25, -0.2) is 9.97 Å². The van der Waals surface area contributed by atoms with Gasteiger partial charge in [-0.3, -0.25) is 9.97 Å². The maximum absolute atomic E-state index is 5.21. The van der Waals surface area contributed by atoms with Crippen molar-refractivity contribution in [1.29, 1.82) is 0 Å². The van der Waals surface area contributed by atoms with Crippen molar-refractivity contribution >= 4 is 96.7 Å². The zero-order valence-electron chi connectivity index (χ0n) is 32.7. The standard InChI is InChI=1S/C56H32N4S/c1-5-13-43-39(9-1)41-11-3-7-15-45(41)55-53(43)57-31-49(59-55)35-21-17-33(18-22-35)37-25-27-51-47(29-37)48-30-38(26-28-52(48)61-51)34-19-23-36(24-20-34)50-32-58-54-44-14-6-2-10-40(44)42-12-4-8-16-46(42)56(54)60-50/h1-32H. The maximum Gasteiger partial charge on any atom is 0.0979 e. The first-order valence-electron chi connectivity index (χ1n) is 20.5. The predicted molar refractivity (Wildman–Crippen MR) is 257 cm³/mol. The Kier molecular flexibility index (Phi) is 7.44. The van der Waals surface area contributed by atoms with Gasteiger partial charge in [-0.15, -0.1) is 11.3 Å². The SMILES string of the molecule is c1ccc2c(c1)c1ccccc1c1nc(-c3ccc(-c4ccc5sc6ccc(-c7ccc(-c8cnc9c%10ccccc%10c%10ccccc%10c9n8)cc7)cc6c5c4)cc3)cnc21. The van der Waals surface area contributed by atoms with Crippen LogP contribution in [0.2, 0.25) is 0 Å². The summed E-state index contributed by atoms with van der Waals surface area (Å²) in [6.45, 7) is 0. The molecule has 10 aromatic carbocycles. The molecule has 0 saturated heterocycles. The molecule has 0 N–H and O–H groups in total. The largest absolute Gasteiger partial charge is 0.252 e. The van der Waals surface area contributed by atoms with E-state index >= 15 is 0 Å². The van der Waals surface area contributed by atoms with Gasteiger partial charge in [-0.2, -0.15) is 0 Å². The van der Waals surface area contributed by atoms with Crippen molar-refractivity contribution in [2.75, 3.05) is 0 Å². The topological polar surface area (TPSA) is 51.6 Å². The molecule has 0 bridgehead atoms. The Morgan fingerprint density at radius 3 is 0.951 bits per heavy atom. The molecule has 13 aromatic rings. The second kappa shape index (κ2) is 13.3. The van der Waals surface area contributed by atoms with Crippen LogP contribution in [0.25, 0.3) is 130 Å². The quantitative estimate of drug-likeness (QED) is 0.167. The highest BCUT2D eigenvalue weighted by Crippen LogP contribution is 2.40. The Morgan fingerprint density at radius 2 is 0.574 bits per heavy atom. The Labute approximate surface area is 354 Å². The average Bonchev–Trinajstić information content (AvgIpc) is 3.71. The molecule has 3 aromatic heterocycles. The number of hydrogen-bond acceptors (Lipinski definition) is 5. The van der Waals surface area contributed by atoms with Gasteiger partial charge in [0.1, 0.15) is 0 Å². The second-order valence-corrected chi connectivity index (χ2v) is 16.8. The third kappa shape index (κ3) is 5.38. The molecule has 0 unspecified atom stereocenters. The molecule has 282 valence electrons. The molecule has 0 radical (unpaired) electrons. The summed E-state index contributed by atoms with van der Waals surface area (Å²) >= 11 is 1.84. The van der Waals surface area contributed by atoms with Crippen LogP contribution < -0.4 is 0 Å². The van der Waals surface area contributed by atoms with Crippen LogP contribution in [0.4, 0.5) is 0 Å². The van der Waals surface area contributed by atoms with Gasteiger partial charge in [-0.05, 0) is 68.1 Å². The van der Waals surface area contributed by atoms with E-state index in [1.54, 1.807) is 0 Å². The van der Waals surface area contributed by atoms with Crippen molar-refractivity contribution < 1.29 is 0 Å². The van der Waals surface area contributed by atoms with Crippen molar-refractivity contribution in [2.45, 2.75) is 0 Å². The van der Waals surface area contributed by atoms with Crippen molar-refractivity contribution in [1.82, 2.24) is 19.9 Å². The fourth-order valence-corrected chi connectivity index (χ4v) is 10.4. The number of aromatic nitrogens is 4. The smallest absolute Gasteiger partial charge is 0.0979 e. The van der Waals surface area contributed by atoms with E-state index in [1.165, 1.54) is 64.0 Å². The molecule has 3 heterocycles. The van der Waals surface area contributed by atoms with Crippen LogP contribution in [-0.2, 0) is 0 Å². The van der Waals surface area contributed by atoms with Gasteiger partial charge in [-0.1, -0.05) is 158 Å². The monoisotopic (exact) mass is 792 g/mol. The van der Waals surface area contributed by atoms with Gasteiger partial charge in [0.2, 0.25) is 0 Å². The van der Waals surface area contributed by atoms with Crippen molar-refractivity contribution in [3.8, 4) is 44.8 Å². The Balaban J connectivity index is 0.824. The van der Waals surface area contributed by atoms with E-state index in [4.69, 9.17) is 19.9 Å². The summed E-state index contributed by atoms with van der Waals surface area (Å²) in [7, 11) is 0. The van der Waals surface area contributed by atoms with Gasteiger partial charge in [0.05, 0.1) is 45.8 Å². The molecule has 0 atom stereocenters. The van der Waals surface area contributed by atoms with Crippen molar-refractivity contribution in [2.24, 2.45) is 0 Å². The highest BCUT2D eigenvalue weighted by molar-refractivity contribution is 7.25. The molecule has 0 spiro atoms. The summed E-state index contributed by atoms with van der Waals surface area (Å²) in [5.74, 6) is 0. The predicted octanol–water partition coefficient (Wildman–Crippen LogP) is 15.2. The van der Waals surface area contributed by atoms with Crippen LogP contribution in [0.15, 0.2) is 194 Å². The first-order valence-corrected chi connectivity index (χ1v) is 21.3. The van der Waals surface area contributed by atoms with E-state index in [9.17, 15) is 0 Å². The minimum atomic E-state index is 0.867. The third-order valence-electron chi connectivity index (χ3n) is 12.4. The van der Waals surface area contributed by atoms with Crippen LogP contribution in [0.1, 0.15) is 0 Å². The lowest BCUT2D eigenvalue weighted by molar-refractivity contribution is 1.31. The summed E-state index contributed by atoms with van der Waals surface area (Å²) < 4.78 is 2.56. The molecule has 61 heavy (non-hydrogen) atoms. The number of rotatable bonds is 4. The molecular weight excluding hydrogens is 761 g/mol. The van der Waals surface area contributed by atoms with Crippen LogP contribution in [0.3, 0.4) is 0 Å². The number of fused-ring (bicyclic) bond motifs is 15.